The molecule has 4 heterocycles. The first-order valence-electron chi connectivity index (χ1n) is 12.6. The highest BCUT2D eigenvalue weighted by atomic mass is 16.5. The molecule has 11 heteroatoms. The number of aromatic amines is 1. The number of ether oxygens (including phenoxy) is 2. The number of nitrogens with zero attached hydrogens (tertiary/aromatic N) is 5. The fourth-order valence-corrected chi connectivity index (χ4v) is 4.78. The minimum Gasteiger partial charge on any atom is -0.497 e. The van der Waals surface area contributed by atoms with Crippen LogP contribution in [0.4, 0.5) is 0 Å². The van der Waals surface area contributed by atoms with E-state index in [1.165, 1.54) is 4.52 Å². The van der Waals surface area contributed by atoms with Crippen molar-refractivity contribution in [3.05, 3.63) is 82.1 Å². The van der Waals surface area contributed by atoms with E-state index in [1.54, 1.807) is 19.1 Å². The van der Waals surface area contributed by atoms with Crippen molar-refractivity contribution in [2.75, 3.05) is 20.8 Å². The third kappa shape index (κ3) is 4.63. The van der Waals surface area contributed by atoms with E-state index in [0.717, 1.165) is 22.7 Å². The van der Waals surface area contributed by atoms with E-state index in [0.29, 0.717) is 53.6 Å². The number of H-pyrrole nitrogens is 1. The highest BCUT2D eigenvalue weighted by Crippen LogP contribution is 2.27. The zero-order chi connectivity index (χ0) is 26.9. The molecule has 1 aliphatic rings. The Balaban J connectivity index is 1.16. The lowest BCUT2D eigenvalue weighted by Gasteiger charge is -2.27. The van der Waals surface area contributed by atoms with E-state index in [2.05, 4.69) is 15.2 Å². The zero-order valence-corrected chi connectivity index (χ0v) is 21.5. The normalized spacial score (nSPS) is 12.9. The number of rotatable bonds is 7. The van der Waals surface area contributed by atoms with Crippen LogP contribution in [-0.2, 0) is 24.2 Å². The van der Waals surface area contributed by atoms with E-state index < -0.39 is 0 Å². The maximum absolute atomic E-state index is 13.3. The maximum atomic E-state index is 13.3. The molecule has 5 aromatic rings. The van der Waals surface area contributed by atoms with Gasteiger partial charge in [-0.25, -0.2) is 9.50 Å². The van der Waals surface area contributed by atoms with Crippen LogP contribution in [0.2, 0.25) is 0 Å². The van der Waals surface area contributed by atoms with Crippen molar-refractivity contribution >= 4 is 11.6 Å². The summed E-state index contributed by atoms with van der Waals surface area (Å²) in [6.07, 6.45) is 0.987. The number of fused-ring (bicyclic) bond motifs is 2. The average Bonchev–Trinajstić information content (AvgIpc) is 3.63. The quantitative estimate of drug-likeness (QED) is 0.342. The topological polar surface area (TPSA) is 128 Å². The molecule has 0 fully saturated rings. The number of hydrogen-bond donors (Lipinski definition) is 1. The number of carbonyl (C=O) groups excluding carboxylic acids is 1. The van der Waals surface area contributed by atoms with Gasteiger partial charge in [0, 0.05) is 31.9 Å². The van der Waals surface area contributed by atoms with Gasteiger partial charge in [0.2, 0.25) is 17.6 Å². The number of benzene rings is 2. The SMILES string of the molecule is COc1ccc(-c2cc3nc4c(c(=O)n3[nH]2)CN(C(=O)CCc2nc(-c3ccccc3OC)no2)CC4)cc1. The number of nitrogens with one attached hydrogen (secondary N) is 1. The number of aromatic nitrogens is 5. The first-order valence-corrected chi connectivity index (χ1v) is 12.6. The van der Waals surface area contributed by atoms with Crippen LogP contribution in [-0.4, -0.2) is 56.3 Å². The van der Waals surface area contributed by atoms with Gasteiger partial charge in [-0.1, -0.05) is 17.3 Å². The molecule has 1 amide bonds. The maximum Gasteiger partial charge on any atom is 0.277 e. The summed E-state index contributed by atoms with van der Waals surface area (Å²) in [6, 6.07) is 16.8. The van der Waals surface area contributed by atoms with E-state index in [1.807, 2.05) is 54.6 Å². The standard InChI is InChI=1S/C28H26N6O5/c1-37-18-9-7-17(8-10-18)22-15-24-29-21-13-14-33(16-20(21)28(36)34(24)31-22)26(35)12-11-25-30-27(32-39-25)19-5-3-4-6-23(19)38-2/h3-10,15,31H,11-14,16H2,1-2H3. The van der Waals surface area contributed by atoms with Gasteiger partial charge in [-0.2, -0.15) is 4.98 Å². The fourth-order valence-electron chi connectivity index (χ4n) is 4.78. The van der Waals surface area contributed by atoms with Crippen molar-refractivity contribution in [3.63, 3.8) is 0 Å². The molecule has 0 radical (unpaired) electrons. The number of carbonyl (C=O) groups is 1. The van der Waals surface area contributed by atoms with Crippen LogP contribution < -0.4 is 15.0 Å². The Hall–Kier alpha value is -4.93. The molecule has 1 N–H and O–H groups in total. The molecule has 2 aromatic carbocycles. The van der Waals surface area contributed by atoms with Gasteiger partial charge in [0.15, 0.2) is 5.65 Å². The average molecular weight is 527 g/mol. The third-order valence-corrected chi connectivity index (χ3v) is 6.88. The summed E-state index contributed by atoms with van der Waals surface area (Å²) in [7, 11) is 3.20. The number of hydrogen-bond acceptors (Lipinski definition) is 8. The number of aryl methyl sites for hydroxylation is 1. The van der Waals surface area contributed by atoms with Gasteiger partial charge < -0.3 is 18.9 Å². The first-order chi connectivity index (χ1) is 19.0. The monoisotopic (exact) mass is 526 g/mol. The summed E-state index contributed by atoms with van der Waals surface area (Å²) < 4.78 is 17.4. The van der Waals surface area contributed by atoms with Gasteiger partial charge in [0.1, 0.15) is 11.5 Å². The Morgan fingerprint density at radius 1 is 1.08 bits per heavy atom. The number of methoxy groups -OCH3 is 2. The summed E-state index contributed by atoms with van der Waals surface area (Å²) >= 11 is 0. The molecular formula is C28H26N6O5. The van der Waals surface area contributed by atoms with Crippen LogP contribution in [0, 0.1) is 0 Å². The second kappa shape index (κ2) is 10.1. The van der Waals surface area contributed by atoms with Crippen molar-refractivity contribution in [1.29, 1.82) is 0 Å². The molecule has 0 saturated carbocycles. The van der Waals surface area contributed by atoms with Crippen molar-refractivity contribution in [1.82, 2.24) is 29.6 Å². The predicted molar refractivity (Wildman–Crippen MR) is 142 cm³/mol. The lowest BCUT2D eigenvalue weighted by Crippen LogP contribution is -2.40. The Labute approximate surface area is 223 Å². The molecule has 0 saturated heterocycles. The molecule has 0 bridgehead atoms. The Kier molecular flexibility index (Phi) is 6.31. The van der Waals surface area contributed by atoms with Crippen LogP contribution in [0.15, 0.2) is 63.9 Å². The van der Waals surface area contributed by atoms with E-state index in [9.17, 15) is 9.59 Å². The Morgan fingerprint density at radius 2 is 1.90 bits per heavy atom. The molecule has 0 aliphatic carbocycles. The van der Waals surface area contributed by atoms with Crippen LogP contribution in [0.5, 0.6) is 11.5 Å². The first kappa shape index (κ1) is 24.4. The summed E-state index contributed by atoms with van der Waals surface area (Å²) in [5, 5.41) is 7.18. The summed E-state index contributed by atoms with van der Waals surface area (Å²) in [4.78, 5) is 37.2. The molecular weight excluding hydrogens is 500 g/mol. The lowest BCUT2D eigenvalue weighted by atomic mass is 10.1. The minimum absolute atomic E-state index is 0.0902. The molecule has 0 unspecified atom stereocenters. The number of amides is 1. The van der Waals surface area contributed by atoms with E-state index in [-0.39, 0.29) is 24.4 Å². The van der Waals surface area contributed by atoms with Crippen LogP contribution >= 0.6 is 0 Å². The van der Waals surface area contributed by atoms with Gasteiger partial charge in [-0.05, 0) is 42.0 Å². The van der Waals surface area contributed by atoms with Crippen molar-refractivity contribution in [3.8, 4) is 34.1 Å². The highest BCUT2D eigenvalue weighted by Gasteiger charge is 2.26. The van der Waals surface area contributed by atoms with Gasteiger partial charge in [-0.3, -0.25) is 14.7 Å². The second-order valence-electron chi connectivity index (χ2n) is 9.21. The molecule has 0 atom stereocenters. The van der Waals surface area contributed by atoms with Gasteiger partial charge in [-0.15, -0.1) is 0 Å². The van der Waals surface area contributed by atoms with E-state index >= 15 is 0 Å². The Bertz CT molecular complexity index is 1720. The van der Waals surface area contributed by atoms with Gasteiger partial charge in [0.05, 0.1) is 43.3 Å². The smallest absolute Gasteiger partial charge is 0.277 e. The molecule has 11 nitrogen and oxygen atoms in total. The van der Waals surface area contributed by atoms with Crippen molar-refractivity contribution in [2.24, 2.45) is 0 Å². The largest absolute Gasteiger partial charge is 0.497 e. The zero-order valence-electron chi connectivity index (χ0n) is 21.5. The fraction of sp³-hybridized carbons (Fsp3) is 0.250. The molecule has 0 spiro atoms. The van der Waals surface area contributed by atoms with Crippen LogP contribution in [0.1, 0.15) is 23.6 Å². The van der Waals surface area contributed by atoms with Crippen LogP contribution in [0.25, 0.3) is 28.3 Å². The molecule has 39 heavy (non-hydrogen) atoms. The van der Waals surface area contributed by atoms with Gasteiger partial charge >= 0.3 is 0 Å². The molecule has 1 aliphatic heterocycles. The minimum atomic E-state index is -0.203. The summed E-state index contributed by atoms with van der Waals surface area (Å²) in [5.74, 6) is 2.07. The predicted octanol–water partition coefficient (Wildman–Crippen LogP) is 3.27. The number of para-hydroxylation sites is 1. The lowest BCUT2D eigenvalue weighted by molar-refractivity contribution is -0.132. The second-order valence-corrected chi connectivity index (χ2v) is 9.21. The molecule has 198 valence electrons. The highest BCUT2D eigenvalue weighted by molar-refractivity contribution is 5.76. The van der Waals surface area contributed by atoms with Crippen molar-refractivity contribution < 1.29 is 18.8 Å². The third-order valence-electron chi connectivity index (χ3n) is 6.88. The summed E-state index contributed by atoms with van der Waals surface area (Å²) in [5.41, 5.74) is 3.98. The van der Waals surface area contributed by atoms with Crippen molar-refractivity contribution in [2.45, 2.75) is 25.8 Å². The van der Waals surface area contributed by atoms with Gasteiger partial charge in [0.25, 0.3) is 5.56 Å². The van der Waals surface area contributed by atoms with Crippen LogP contribution in [0.3, 0.4) is 0 Å². The molecule has 3 aromatic heterocycles. The molecule has 6 rings (SSSR count). The van der Waals surface area contributed by atoms with E-state index in [4.69, 9.17) is 19.0 Å². The Morgan fingerprint density at radius 3 is 2.69 bits per heavy atom. The summed E-state index contributed by atoms with van der Waals surface area (Å²) in [6.45, 7) is 0.691.